The average Bonchev–Trinajstić information content (AvgIpc) is 2.55. The molecule has 84 valence electrons. The van der Waals surface area contributed by atoms with E-state index in [2.05, 4.69) is 27.4 Å². The van der Waals surface area contributed by atoms with Crippen molar-refractivity contribution in [3.05, 3.63) is 12.2 Å². The molecular formula is C15H24. The van der Waals surface area contributed by atoms with Crippen LogP contribution in [-0.2, 0) is 0 Å². The van der Waals surface area contributed by atoms with E-state index in [0.717, 1.165) is 29.6 Å². The maximum atomic E-state index is 4.35. The molecule has 0 spiro atoms. The fourth-order valence-corrected chi connectivity index (χ4v) is 4.93. The fourth-order valence-electron chi connectivity index (χ4n) is 4.93. The van der Waals surface area contributed by atoms with Crippen molar-refractivity contribution in [3.8, 4) is 0 Å². The summed E-state index contributed by atoms with van der Waals surface area (Å²) in [5, 5.41) is 0. The summed E-state index contributed by atoms with van der Waals surface area (Å²) in [6.07, 6.45) is 5.63. The van der Waals surface area contributed by atoms with Gasteiger partial charge in [0.15, 0.2) is 0 Å². The minimum atomic E-state index is 0.655. The smallest absolute Gasteiger partial charge is 0.0172 e. The minimum Gasteiger partial charge on any atom is -0.0996 e. The Morgan fingerprint density at radius 1 is 1.20 bits per heavy atom. The van der Waals surface area contributed by atoms with Crippen LogP contribution in [0, 0.1) is 35.0 Å². The summed E-state index contributed by atoms with van der Waals surface area (Å²) in [5.41, 5.74) is 2.25. The second-order valence-electron chi connectivity index (χ2n) is 6.89. The van der Waals surface area contributed by atoms with E-state index >= 15 is 0 Å². The van der Waals surface area contributed by atoms with E-state index in [9.17, 15) is 0 Å². The third-order valence-corrected chi connectivity index (χ3v) is 5.91. The van der Waals surface area contributed by atoms with Crippen LogP contribution >= 0.6 is 0 Å². The SMILES string of the molecule is C=C1CC[C@@H]2[C@H]([C@H]3[C@@H]1CC[C@@H]3C)C2(C)C. The van der Waals surface area contributed by atoms with Gasteiger partial charge >= 0.3 is 0 Å². The Hall–Kier alpha value is -0.260. The van der Waals surface area contributed by atoms with E-state index in [1.807, 2.05) is 0 Å². The van der Waals surface area contributed by atoms with Crippen LogP contribution in [0.1, 0.15) is 46.5 Å². The van der Waals surface area contributed by atoms with Crippen LogP contribution in [0.25, 0.3) is 0 Å². The molecule has 3 aliphatic carbocycles. The van der Waals surface area contributed by atoms with Crippen LogP contribution in [0.5, 0.6) is 0 Å². The van der Waals surface area contributed by atoms with Gasteiger partial charge in [0, 0.05) is 0 Å². The second kappa shape index (κ2) is 2.90. The zero-order valence-corrected chi connectivity index (χ0v) is 10.4. The standard InChI is InChI=1S/C15H24/c1-9-6-8-12-14(15(12,3)4)13-10(2)5-7-11(9)13/h10-14H,1,5-8H2,2-4H3/t10-,11+,12+,13+,14+/m0/s1. The summed E-state index contributed by atoms with van der Waals surface area (Å²) in [7, 11) is 0. The lowest BCUT2D eigenvalue weighted by Gasteiger charge is -2.25. The summed E-state index contributed by atoms with van der Waals surface area (Å²) >= 11 is 0. The van der Waals surface area contributed by atoms with Crippen molar-refractivity contribution in [1.29, 1.82) is 0 Å². The first-order valence-electron chi connectivity index (χ1n) is 6.71. The Kier molecular flexibility index (Phi) is 1.92. The topological polar surface area (TPSA) is 0 Å². The summed E-state index contributed by atoms with van der Waals surface area (Å²) in [4.78, 5) is 0. The highest BCUT2D eigenvalue weighted by Crippen LogP contribution is 2.70. The molecule has 3 saturated carbocycles. The Bertz CT molecular complexity index is 299. The van der Waals surface area contributed by atoms with Crippen molar-refractivity contribution in [3.63, 3.8) is 0 Å². The highest BCUT2D eigenvalue weighted by Gasteiger charge is 2.64. The summed E-state index contributed by atoms with van der Waals surface area (Å²) in [6, 6.07) is 0. The molecule has 0 aromatic carbocycles. The largest absolute Gasteiger partial charge is 0.0996 e. The van der Waals surface area contributed by atoms with Gasteiger partial charge < -0.3 is 0 Å². The first kappa shape index (κ1) is 9.93. The molecule has 0 N–H and O–H groups in total. The molecule has 0 unspecified atom stereocenters. The Balaban J connectivity index is 1.93. The van der Waals surface area contributed by atoms with Gasteiger partial charge in [-0.3, -0.25) is 0 Å². The van der Waals surface area contributed by atoms with Crippen molar-refractivity contribution < 1.29 is 0 Å². The van der Waals surface area contributed by atoms with Gasteiger partial charge in [-0.15, -0.1) is 0 Å². The molecule has 0 radical (unpaired) electrons. The summed E-state index contributed by atoms with van der Waals surface area (Å²) in [6.45, 7) is 11.8. The lowest BCUT2D eigenvalue weighted by atomic mass is 9.80. The molecule has 0 aromatic rings. The molecule has 0 aromatic heterocycles. The van der Waals surface area contributed by atoms with Gasteiger partial charge in [0.1, 0.15) is 0 Å². The highest BCUT2D eigenvalue weighted by atomic mass is 14.7. The second-order valence-corrected chi connectivity index (χ2v) is 6.89. The van der Waals surface area contributed by atoms with Crippen LogP contribution in [0.15, 0.2) is 12.2 Å². The maximum Gasteiger partial charge on any atom is -0.0172 e. The highest BCUT2D eigenvalue weighted by molar-refractivity contribution is 5.20. The van der Waals surface area contributed by atoms with E-state index in [1.165, 1.54) is 25.7 Å². The van der Waals surface area contributed by atoms with E-state index < -0.39 is 0 Å². The van der Waals surface area contributed by atoms with E-state index in [4.69, 9.17) is 0 Å². The number of rotatable bonds is 0. The van der Waals surface area contributed by atoms with Gasteiger partial charge in [0.2, 0.25) is 0 Å². The van der Waals surface area contributed by atoms with Crippen molar-refractivity contribution in [1.82, 2.24) is 0 Å². The Morgan fingerprint density at radius 3 is 2.67 bits per heavy atom. The molecule has 3 aliphatic rings. The molecule has 5 atom stereocenters. The lowest BCUT2D eigenvalue weighted by Crippen LogP contribution is -2.18. The molecule has 3 rings (SSSR count). The third kappa shape index (κ3) is 1.20. The first-order valence-corrected chi connectivity index (χ1v) is 6.71. The van der Waals surface area contributed by atoms with E-state index in [0.29, 0.717) is 5.41 Å². The van der Waals surface area contributed by atoms with Crippen molar-refractivity contribution >= 4 is 0 Å². The number of hydrogen-bond acceptors (Lipinski definition) is 0. The maximum absolute atomic E-state index is 4.35. The van der Waals surface area contributed by atoms with Crippen LogP contribution in [-0.4, -0.2) is 0 Å². The molecule has 0 heteroatoms. The van der Waals surface area contributed by atoms with Gasteiger partial charge in [0.05, 0.1) is 0 Å². The molecular weight excluding hydrogens is 180 g/mol. The van der Waals surface area contributed by atoms with Crippen LogP contribution < -0.4 is 0 Å². The van der Waals surface area contributed by atoms with Gasteiger partial charge in [0.25, 0.3) is 0 Å². The zero-order valence-electron chi connectivity index (χ0n) is 10.4. The molecule has 0 amide bonds. The Labute approximate surface area is 94.1 Å². The fraction of sp³-hybridized carbons (Fsp3) is 0.867. The molecule has 0 saturated heterocycles. The monoisotopic (exact) mass is 204 g/mol. The molecule has 0 nitrogen and oxygen atoms in total. The third-order valence-electron chi connectivity index (χ3n) is 5.91. The predicted octanol–water partition coefficient (Wildman–Crippen LogP) is 4.27. The molecule has 3 fully saturated rings. The van der Waals surface area contributed by atoms with Crippen LogP contribution in [0.4, 0.5) is 0 Å². The van der Waals surface area contributed by atoms with Crippen LogP contribution in [0.2, 0.25) is 0 Å². The van der Waals surface area contributed by atoms with Gasteiger partial charge in [-0.05, 0) is 60.7 Å². The predicted molar refractivity (Wildman–Crippen MR) is 64.5 cm³/mol. The van der Waals surface area contributed by atoms with Crippen molar-refractivity contribution in [2.75, 3.05) is 0 Å². The average molecular weight is 204 g/mol. The molecule has 0 bridgehead atoms. The lowest BCUT2D eigenvalue weighted by molar-refractivity contribution is 0.280. The molecule has 0 aliphatic heterocycles. The van der Waals surface area contributed by atoms with E-state index in [1.54, 1.807) is 5.57 Å². The van der Waals surface area contributed by atoms with Gasteiger partial charge in [-0.1, -0.05) is 32.9 Å². The van der Waals surface area contributed by atoms with E-state index in [-0.39, 0.29) is 0 Å². The first-order chi connectivity index (χ1) is 7.03. The minimum absolute atomic E-state index is 0.655. The summed E-state index contributed by atoms with van der Waals surface area (Å²) < 4.78 is 0. The molecule has 0 heterocycles. The Morgan fingerprint density at radius 2 is 1.93 bits per heavy atom. The molecule has 15 heavy (non-hydrogen) atoms. The zero-order chi connectivity index (χ0) is 10.8. The number of hydrogen-bond donors (Lipinski definition) is 0. The number of allylic oxidation sites excluding steroid dienone is 1. The van der Waals surface area contributed by atoms with Crippen molar-refractivity contribution in [2.24, 2.45) is 35.0 Å². The van der Waals surface area contributed by atoms with Gasteiger partial charge in [-0.25, -0.2) is 0 Å². The number of fused-ring (bicyclic) bond motifs is 3. The quantitative estimate of drug-likeness (QED) is 0.517. The van der Waals surface area contributed by atoms with Crippen LogP contribution in [0.3, 0.4) is 0 Å². The van der Waals surface area contributed by atoms with Crippen molar-refractivity contribution in [2.45, 2.75) is 46.5 Å². The van der Waals surface area contributed by atoms with Gasteiger partial charge in [-0.2, -0.15) is 0 Å². The summed E-state index contributed by atoms with van der Waals surface area (Å²) in [5.74, 6) is 4.87. The normalized spacial score (nSPS) is 51.9.